The number of carbonyl (C=O) groups excluding carboxylic acids is 3. The van der Waals surface area contributed by atoms with E-state index in [4.69, 9.17) is 4.74 Å². The van der Waals surface area contributed by atoms with Crippen LogP contribution >= 0.6 is 0 Å². The molecule has 6 heteroatoms. The van der Waals surface area contributed by atoms with Gasteiger partial charge in [0.05, 0.1) is 31.8 Å². The Hall–Kier alpha value is -2.99. The predicted molar refractivity (Wildman–Crippen MR) is 105 cm³/mol. The van der Waals surface area contributed by atoms with Gasteiger partial charge in [-0.25, -0.2) is 0 Å². The van der Waals surface area contributed by atoms with E-state index < -0.39 is 0 Å². The van der Waals surface area contributed by atoms with Crippen molar-refractivity contribution in [2.45, 2.75) is 12.8 Å². The maximum Gasteiger partial charge on any atom is 0.309 e. The summed E-state index contributed by atoms with van der Waals surface area (Å²) in [5.41, 5.74) is 1.58. The van der Waals surface area contributed by atoms with Crippen molar-refractivity contribution < 1.29 is 24.0 Å². The zero-order valence-corrected chi connectivity index (χ0v) is 15.9. The van der Waals surface area contributed by atoms with Crippen molar-refractivity contribution in [2.24, 2.45) is 5.92 Å². The number of rotatable bonds is 6. The van der Waals surface area contributed by atoms with Gasteiger partial charge in [-0.05, 0) is 12.1 Å². The Morgan fingerprint density at radius 2 is 1.64 bits per heavy atom. The summed E-state index contributed by atoms with van der Waals surface area (Å²) in [4.78, 5) is 38.0. The zero-order chi connectivity index (χ0) is 19.9. The third-order valence-corrected chi connectivity index (χ3v) is 5.12. The molecule has 0 saturated carbocycles. The van der Waals surface area contributed by atoms with Crippen LogP contribution in [-0.4, -0.2) is 44.4 Å². The molecule has 2 aromatic rings. The van der Waals surface area contributed by atoms with E-state index in [1.165, 1.54) is 7.11 Å². The number of likely N-dealkylation sites (tertiary alicyclic amines) is 1. The van der Waals surface area contributed by atoms with E-state index in [1.807, 2.05) is 18.2 Å². The first-order chi connectivity index (χ1) is 13.6. The van der Waals surface area contributed by atoms with Gasteiger partial charge in [-0.15, -0.1) is 0 Å². The first-order valence-corrected chi connectivity index (χ1v) is 9.48. The van der Waals surface area contributed by atoms with Gasteiger partial charge in [0.15, 0.2) is 12.3 Å². The molecule has 0 radical (unpaired) electrons. The second-order valence-corrected chi connectivity index (χ2v) is 7.01. The lowest BCUT2D eigenvalue weighted by molar-refractivity contribution is -0.897. The summed E-state index contributed by atoms with van der Waals surface area (Å²) >= 11 is 0. The normalized spacial score (nSPS) is 18.9. The number of ketones is 1. The number of hydrogen-bond acceptors (Lipinski definition) is 4. The number of nitrogens with one attached hydrogen (secondary N) is 2. The number of ether oxygens (including phenoxy) is 1. The molecule has 1 heterocycles. The fourth-order valence-electron chi connectivity index (χ4n) is 3.56. The summed E-state index contributed by atoms with van der Waals surface area (Å²) in [6.07, 6.45) is 1.44. The third-order valence-electron chi connectivity index (χ3n) is 5.12. The minimum atomic E-state index is -0.170. The molecule has 1 aliphatic rings. The number of hydrogen-bond donors (Lipinski definition) is 2. The SMILES string of the molecule is COC(=O)C1CC[NH+](CC(=O)Nc2ccccc2C(=O)c2ccccc2)CC1. The molecular weight excluding hydrogens is 356 g/mol. The summed E-state index contributed by atoms with van der Waals surface area (Å²) in [6.45, 7) is 1.80. The molecule has 3 rings (SSSR count). The molecule has 1 fully saturated rings. The van der Waals surface area contributed by atoms with Crippen LogP contribution in [0.5, 0.6) is 0 Å². The van der Waals surface area contributed by atoms with E-state index in [-0.39, 0.29) is 23.6 Å². The second kappa shape index (κ2) is 9.28. The van der Waals surface area contributed by atoms with Crippen LogP contribution in [-0.2, 0) is 14.3 Å². The molecule has 0 atom stereocenters. The molecule has 1 saturated heterocycles. The molecule has 0 aromatic heterocycles. The maximum atomic E-state index is 12.8. The van der Waals surface area contributed by atoms with Crippen LogP contribution in [0.3, 0.4) is 0 Å². The van der Waals surface area contributed by atoms with Gasteiger partial charge in [0.25, 0.3) is 5.91 Å². The Balaban J connectivity index is 1.61. The molecule has 0 spiro atoms. The Morgan fingerprint density at radius 3 is 2.32 bits per heavy atom. The molecule has 146 valence electrons. The first kappa shape index (κ1) is 19.8. The minimum absolute atomic E-state index is 0.0685. The van der Waals surface area contributed by atoms with Crippen LogP contribution in [0, 0.1) is 5.92 Å². The molecule has 0 aliphatic carbocycles. The standard InChI is InChI=1S/C22H24N2O4/c1-28-22(27)17-11-13-24(14-12-17)15-20(25)23-19-10-6-5-9-18(19)21(26)16-7-3-2-4-8-16/h2-10,17H,11-15H2,1H3,(H,23,25)/p+1. The van der Waals surface area contributed by atoms with Crippen LogP contribution in [0.15, 0.2) is 54.6 Å². The highest BCUT2D eigenvalue weighted by Crippen LogP contribution is 2.19. The minimum Gasteiger partial charge on any atom is -0.469 e. The summed E-state index contributed by atoms with van der Waals surface area (Å²) in [5.74, 6) is -0.500. The average molecular weight is 381 g/mol. The van der Waals surface area contributed by atoms with Gasteiger partial charge in [-0.2, -0.15) is 0 Å². The lowest BCUT2D eigenvalue weighted by atomic mass is 9.97. The van der Waals surface area contributed by atoms with Gasteiger partial charge in [-0.1, -0.05) is 42.5 Å². The van der Waals surface area contributed by atoms with Crippen molar-refractivity contribution in [3.63, 3.8) is 0 Å². The van der Waals surface area contributed by atoms with E-state index in [0.29, 0.717) is 23.4 Å². The molecule has 1 aliphatic heterocycles. The van der Waals surface area contributed by atoms with Crippen LogP contribution in [0.2, 0.25) is 0 Å². The van der Waals surface area contributed by atoms with Crippen LogP contribution in [0.1, 0.15) is 28.8 Å². The highest BCUT2D eigenvalue weighted by Gasteiger charge is 2.29. The highest BCUT2D eigenvalue weighted by atomic mass is 16.5. The molecule has 2 N–H and O–H groups in total. The van der Waals surface area contributed by atoms with Gasteiger partial charge >= 0.3 is 5.97 Å². The molecule has 0 unspecified atom stereocenters. The topological polar surface area (TPSA) is 76.9 Å². The fourth-order valence-corrected chi connectivity index (χ4v) is 3.56. The van der Waals surface area contributed by atoms with E-state index >= 15 is 0 Å². The number of benzene rings is 2. The summed E-state index contributed by atoms with van der Waals surface area (Å²) in [5, 5.41) is 2.88. The van der Waals surface area contributed by atoms with E-state index in [0.717, 1.165) is 30.8 Å². The van der Waals surface area contributed by atoms with Crippen LogP contribution < -0.4 is 10.2 Å². The van der Waals surface area contributed by atoms with Gasteiger partial charge in [-0.3, -0.25) is 14.4 Å². The van der Waals surface area contributed by atoms with E-state index in [9.17, 15) is 14.4 Å². The molecule has 1 amide bonds. The average Bonchev–Trinajstić information content (AvgIpc) is 2.74. The largest absolute Gasteiger partial charge is 0.469 e. The number of methoxy groups -OCH3 is 1. The lowest BCUT2D eigenvalue weighted by Crippen LogP contribution is -3.14. The smallest absolute Gasteiger partial charge is 0.309 e. The monoisotopic (exact) mass is 381 g/mol. The number of quaternary nitrogens is 1. The Morgan fingerprint density at radius 1 is 1.00 bits per heavy atom. The molecule has 28 heavy (non-hydrogen) atoms. The van der Waals surface area contributed by atoms with Gasteiger partial charge in [0.2, 0.25) is 0 Å². The molecule has 6 nitrogen and oxygen atoms in total. The Kier molecular flexibility index (Phi) is 6.55. The fraction of sp³-hybridized carbons (Fsp3) is 0.318. The van der Waals surface area contributed by atoms with Crippen molar-refractivity contribution >= 4 is 23.3 Å². The number of amides is 1. The quantitative estimate of drug-likeness (QED) is 0.585. The number of carbonyl (C=O) groups is 3. The third kappa shape index (κ3) is 4.84. The Labute approximate surface area is 164 Å². The van der Waals surface area contributed by atoms with Crippen molar-refractivity contribution in [2.75, 3.05) is 32.1 Å². The lowest BCUT2D eigenvalue weighted by Gasteiger charge is -2.27. The number of para-hydroxylation sites is 1. The first-order valence-electron chi connectivity index (χ1n) is 9.48. The summed E-state index contributed by atoms with van der Waals surface area (Å²) in [7, 11) is 1.41. The van der Waals surface area contributed by atoms with Crippen LogP contribution in [0.25, 0.3) is 0 Å². The van der Waals surface area contributed by atoms with E-state index in [2.05, 4.69) is 5.32 Å². The van der Waals surface area contributed by atoms with Gasteiger partial charge in [0, 0.05) is 24.0 Å². The van der Waals surface area contributed by atoms with E-state index in [1.54, 1.807) is 36.4 Å². The van der Waals surface area contributed by atoms with Crippen LogP contribution in [0.4, 0.5) is 5.69 Å². The Bertz CT molecular complexity index is 843. The highest BCUT2D eigenvalue weighted by molar-refractivity contribution is 6.13. The second-order valence-electron chi connectivity index (χ2n) is 7.01. The summed E-state index contributed by atoms with van der Waals surface area (Å²) in [6, 6.07) is 16.1. The van der Waals surface area contributed by atoms with Crippen molar-refractivity contribution in [3.05, 3.63) is 65.7 Å². The van der Waals surface area contributed by atoms with Crippen molar-refractivity contribution in [3.8, 4) is 0 Å². The number of anilines is 1. The summed E-state index contributed by atoms with van der Waals surface area (Å²) < 4.78 is 4.80. The molecule has 0 bridgehead atoms. The molecular formula is C22H25N2O4+. The predicted octanol–water partition coefficient (Wildman–Crippen LogP) is 1.32. The van der Waals surface area contributed by atoms with Gasteiger partial charge < -0.3 is 15.0 Å². The van der Waals surface area contributed by atoms with Gasteiger partial charge in [0.1, 0.15) is 0 Å². The number of esters is 1. The zero-order valence-electron chi connectivity index (χ0n) is 15.9. The molecule has 2 aromatic carbocycles. The number of piperidine rings is 1. The van der Waals surface area contributed by atoms with Crippen molar-refractivity contribution in [1.29, 1.82) is 0 Å². The van der Waals surface area contributed by atoms with Crippen molar-refractivity contribution in [1.82, 2.24) is 0 Å². The maximum absolute atomic E-state index is 12.8.